The van der Waals surface area contributed by atoms with Crippen LogP contribution in [0.1, 0.15) is 0 Å². The zero-order valence-electron chi connectivity index (χ0n) is 3.08. The Labute approximate surface area is 59.2 Å². The fraction of sp³-hybridized carbons (Fsp3) is 0. The quantitative estimate of drug-likeness (QED) is 0.167. The largest absolute Gasteiger partial charge is 1.00 e. The van der Waals surface area contributed by atoms with Crippen LogP contribution in [0.2, 0.25) is 0 Å². The van der Waals surface area contributed by atoms with E-state index >= 15 is 0 Å². The molecule has 0 saturated heterocycles. The van der Waals surface area contributed by atoms with Gasteiger partial charge >= 0.3 is 29.6 Å². The van der Waals surface area contributed by atoms with Crippen molar-refractivity contribution in [2.24, 2.45) is 0 Å². The molecule has 0 spiro atoms. The summed E-state index contributed by atoms with van der Waals surface area (Å²) in [6.07, 6.45) is 0. The SMILES string of the molecule is O=S([O-])OO.[Na+]. The van der Waals surface area contributed by atoms with Gasteiger partial charge < -0.3 is 4.55 Å². The van der Waals surface area contributed by atoms with Crippen LogP contribution in [0.15, 0.2) is 0 Å². The summed E-state index contributed by atoms with van der Waals surface area (Å²) >= 11 is -2.77. The molecule has 0 aromatic rings. The first-order valence-electron chi connectivity index (χ1n) is 0.683. The first-order valence-corrected chi connectivity index (χ1v) is 1.68. The van der Waals surface area contributed by atoms with Crippen LogP contribution in [0.4, 0.5) is 0 Å². The van der Waals surface area contributed by atoms with Crippen molar-refractivity contribution in [3.8, 4) is 0 Å². The van der Waals surface area contributed by atoms with Crippen molar-refractivity contribution in [1.82, 2.24) is 0 Å². The molecule has 4 nitrogen and oxygen atoms in total. The molecule has 0 radical (unpaired) electrons. The van der Waals surface area contributed by atoms with Gasteiger partial charge in [0.2, 0.25) is 0 Å². The van der Waals surface area contributed by atoms with E-state index in [2.05, 4.69) is 4.33 Å². The molecule has 0 aliphatic carbocycles. The first-order chi connectivity index (χ1) is 2.27. The fourth-order valence-corrected chi connectivity index (χ4v) is 0. The Morgan fingerprint density at radius 2 is 2.00 bits per heavy atom. The Bertz CT molecular complexity index is 42.8. The van der Waals surface area contributed by atoms with E-state index in [1.165, 1.54) is 0 Å². The molecule has 0 aliphatic heterocycles. The van der Waals surface area contributed by atoms with Gasteiger partial charge in [-0.1, -0.05) is 0 Å². The third-order valence-corrected chi connectivity index (χ3v) is 0.183. The molecule has 0 fully saturated rings. The molecule has 0 aromatic heterocycles. The van der Waals surface area contributed by atoms with Crippen molar-refractivity contribution in [3.63, 3.8) is 0 Å². The predicted molar refractivity (Wildman–Crippen MR) is 12.6 cm³/mol. The Balaban J connectivity index is 0. The van der Waals surface area contributed by atoms with Gasteiger partial charge in [-0.05, 0) is 0 Å². The average Bonchev–Trinajstić information content (AvgIpc) is 1.38. The Morgan fingerprint density at radius 3 is 2.00 bits per heavy atom. The van der Waals surface area contributed by atoms with Gasteiger partial charge in [0.15, 0.2) is 0 Å². The van der Waals surface area contributed by atoms with E-state index in [0.717, 1.165) is 0 Å². The number of hydrogen-bond donors (Lipinski definition) is 1. The third-order valence-electron chi connectivity index (χ3n) is 0.0609. The maximum absolute atomic E-state index is 8.90. The standard InChI is InChI=1S/Na.H2O4S/c;1-4-5(2)3/h;1H,(H,2,3)/q+1;/p-1. The van der Waals surface area contributed by atoms with Crippen molar-refractivity contribution in [2.75, 3.05) is 0 Å². The molecule has 6 heteroatoms. The minimum absolute atomic E-state index is 0. The van der Waals surface area contributed by atoms with E-state index in [-0.39, 0.29) is 29.6 Å². The maximum Gasteiger partial charge on any atom is 1.00 e. The van der Waals surface area contributed by atoms with Crippen molar-refractivity contribution >= 4 is 11.4 Å². The molecule has 0 bridgehead atoms. The van der Waals surface area contributed by atoms with Gasteiger partial charge in [-0.15, -0.1) is 4.33 Å². The minimum atomic E-state index is -2.77. The maximum atomic E-state index is 8.90. The fourth-order valence-electron chi connectivity index (χ4n) is 0. The molecule has 1 unspecified atom stereocenters. The van der Waals surface area contributed by atoms with Crippen LogP contribution in [-0.4, -0.2) is 14.0 Å². The van der Waals surface area contributed by atoms with Gasteiger partial charge in [0.25, 0.3) is 0 Å². The molecule has 0 rings (SSSR count). The van der Waals surface area contributed by atoms with E-state index in [4.69, 9.17) is 14.0 Å². The van der Waals surface area contributed by atoms with Gasteiger partial charge in [-0.3, -0.25) is 0 Å². The zero-order valence-corrected chi connectivity index (χ0v) is 5.90. The predicted octanol–water partition coefficient (Wildman–Crippen LogP) is -3.73. The van der Waals surface area contributed by atoms with Gasteiger partial charge in [-0.2, -0.15) is 0 Å². The molecule has 0 saturated carbocycles. The van der Waals surface area contributed by atoms with E-state index in [9.17, 15) is 0 Å². The van der Waals surface area contributed by atoms with Crippen molar-refractivity contribution < 1.29 is 47.9 Å². The molecular formula is HNaO4S. The molecule has 0 heterocycles. The summed E-state index contributed by atoms with van der Waals surface area (Å²) < 4.78 is 20.5. The van der Waals surface area contributed by atoms with Crippen LogP contribution in [0.5, 0.6) is 0 Å². The van der Waals surface area contributed by atoms with Gasteiger partial charge in [0.05, 0.1) is 0 Å². The van der Waals surface area contributed by atoms with E-state index in [0.29, 0.717) is 0 Å². The summed E-state index contributed by atoms with van der Waals surface area (Å²) in [5.74, 6) is 0. The van der Waals surface area contributed by atoms with Crippen LogP contribution in [0.3, 0.4) is 0 Å². The van der Waals surface area contributed by atoms with Gasteiger partial charge in [0.1, 0.15) is 11.4 Å². The molecule has 0 amide bonds. The van der Waals surface area contributed by atoms with Crippen LogP contribution >= 0.6 is 0 Å². The minimum Gasteiger partial charge on any atom is -0.748 e. The molecule has 0 aromatic carbocycles. The van der Waals surface area contributed by atoms with Gasteiger partial charge in [-0.25, -0.2) is 9.47 Å². The Kier molecular flexibility index (Phi) is 10.2. The molecule has 1 N–H and O–H groups in total. The van der Waals surface area contributed by atoms with Crippen LogP contribution in [-0.2, 0) is 15.7 Å². The van der Waals surface area contributed by atoms with E-state index in [1.807, 2.05) is 0 Å². The van der Waals surface area contributed by atoms with Crippen molar-refractivity contribution in [2.45, 2.75) is 0 Å². The number of hydrogen-bond acceptors (Lipinski definition) is 4. The van der Waals surface area contributed by atoms with Crippen molar-refractivity contribution in [3.05, 3.63) is 0 Å². The Morgan fingerprint density at radius 1 is 1.83 bits per heavy atom. The van der Waals surface area contributed by atoms with Crippen LogP contribution < -0.4 is 29.6 Å². The third kappa shape index (κ3) is 8.90. The molecule has 1 atom stereocenters. The Hall–Kier alpha value is 1.03. The van der Waals surface area contributed by atoms with Crippen molar-refractivity contribution in [1.29, 1.82) is 0 Å². The average molecular weight is 120 g/mol. The van der Waals surface area contributed by atoms with Crippen LogP contribution in [0.25, 0.3) is 0 Å². The summed E-state index contributed by atoms with van der Waals surface area (Å²) in [5, 5.41) is 7.03. The summed E-state index contributed by atoms with van der Waals surface area (Å²) in [5.41, 5.74) is 0. The number of rotatable bonds is 1. The second-order valence-electron chi connectivity index (χ2n) is 0.279. The summed E-state index contributed by atoms with van der Waals surface area (Å²) in [6.45, 7) is 0. The smallest absolute Gasteiger partial charge is 0.748 e. The molecule has 0 aliphatic rings. The topological polar surface area (TPSA) is 69.6 Å². The normalized spacial score (nSPS) is 12.3. The van der Waals surface area contributed by atoms with E-state index < -0.39 is 11.4 Å². The summed E-state index contributed by atoms with van der Waals surface area (Å²) in [7, 11) is 0. The molecular weight excluding hydrogens is 119 g/mol. The monoisotopic (exact) mass is 120 g/mol. The second-order valence-corrected chi connectivity index (χ2v) is 0.836. The first kappa shape index (κ1) is 10.1. The van der Waals surface area contributed by atoms with Crippen LogP contribution in [0, 0.1) is 0 Å². The van der Waals surface area contributed by atoms with E-state index in [1.54, 1.807) is 0 Å². The van der Waals surface area contributed by atoms with Gasteiger partial charge in [0, 0.05) is 0 Å². The molecule has 6 heavy (non-hydrogen) atoms. The summed E-state index contributed by atoms with van der Waals surface area (Å²) in [4.78, 5) is 0. The molecule has 32 valence electrons. The summed E-state index contributed by atoms with van der Waals surface area (Å²) in [6, 6.07) is 0. The second kappa shape index (κ2) is 6.03. The zero-order chi connectivity index (χ0) is 4.28.